The minimum absolute atomic E-state index is 0.119. The first-order chi connectivity index (χ1) is 12.4. The number of carbonyl (C=O) groups is 1. The summed E-state index contributed by atoms with van der Waals surface area (Å²) in [4.78, 5) is 16.8. The molecule has 1 amide bonds. The second-order valence-electron chi connectivity index (χ2n) is 6.59. The Morgan fingerprint density at radius 3 is 2.69 bits per heavy atom. The van der Waals surface area contributed by atoms with Crippen LogP contribution in [-0.2, 0) is 16.3 Å². The Morgan fingerprint density at radius 1 is 1.27 bits per heavy atom. The van der Waals surface area contributed by atoms with Gasteiger partial charge in [-0.05, 0) is 43.0 Å². The fraction of sp³-hybridized carbons (Fsp3) is 0.368. The summed E-state index contributed by atoms with van der Waals surface area (Å²) < 4.78 is 23.0. The summed E-state index contributed by atoms with van der Waals surface area (Å²) in [7, 11) is -2.94. The van der Waals surface area contributed by atoms with Gasteiger partial charge in [0.2, 0.25) is 0 Å². The van der Waals surface area contributed by atoms with Gasteiger partial charge in [-0.3, -0.25) is 4.79 Å². The molecule has 1 aliphatic heterocycles. The zero-order valence-electron chi connectivity index (χ0n) is 15.0. The molecule has 0 radical (unpaired) electrons. The molecular weight excluding hydrogens is 350 g/mol. The van der Waals surface area contributed by atoms with Crippen LogP contribution in [0.5, 0.6) is 0 Å². The minimum atomic E-state index is -2.94. The van der Waals surface area contributed by atoms with Crippen molar-refractivity contribution in [3.05, 3.63) is 53.2 Å². The molecule has 0 saturated carbocycles. The number of rotatable bonds is 5. The Hall–Kier alpha value is -2.41. The third kappa shape index (κ3) is 4.22. The lowest BCUT2D eigenvalue weighted by molar-refractivity contribution is 0.102. The third-order valence-electron chi connectivity index (χ3n) is 4.59. The van der Waals surface area contributed by atoms with Crippen LogP contribution in [0, 0.1) is 6.92 Å². The average Bonchev–Trinajstić information content (AvgIpc) is 2.95. The molecule has 1 saturated heterocycles. The molecule has 1 fully saturated rings. The van der Waals surface area contributed by atoms with E-state index in [0.717, 1.165) is 23.2 Å². The van der Waals surface area contributed by atoms with Gasteiger partial charge < -0.3 is 10.6 Å². The van der Waals surface area contributed by atoms with Gasteiger partial charge in [-0.15, -0.1) is 0 Å². The molecule has 1 atom stereocenters. The maximum absolute atomic E-state index is 12.5. The van der Waals surface area contributed by atoms with E-state index in [1.54, 1.807) is 12.1 Å². The van der Waals surface area contributed by atoms with Crippen molar-refractivity contribution in [1.82, 2.24) is 4.98 Å². The second kappa shape index (κ2) is 7.45. The molecule has 0 aliphatic carbocycles. The Morgan fingerprint density at radius 2 is 2.08 bits per heavy atom. The lowest BCUT2D eigenvalue weighted by Crippen LogP contribution is -2.21. The summed E-state index contributed by atoms with van der Waals surface area (Å²) in [6.45, 7) is 4.02. The number of nitrogens with zero attached hydrogens (tertiary/aromatic N) is 1. The highest BCUT2D eigenvalue weighted by atomic mass is 32.2. The van der Waals surface area contributed by atoms with Crippen molar-refractivity contribution in [3.8, 4) is 0 Å². The number of hydrogen-bond acceptors (Lipinski definition) is 5. The van der Waals surface area contributed by atoms with E-state index >= 15 is 0 Å². The average molecular weight is 373 g/mol. The topological polar surface area (TPSA) is 88.2 Å². The van der Waals surface area contributed by atoms with E-state index in [4.69, 9.17) is 0 Å². The normalized spacial score (nSPS) is 18.5. The fourth-order valence-electron chi connectivity index (χ4n) is 3.12. The van der Waals surface area contributed by atoms with E-state index in [9.17, 15) is 13.2 Å². The highest BCUT2D eigenvalue weighted by Gasteiger charge is 2.27. The minimum Gasteiger partial charge on any atom is -0.366 e. The lowest BCUT2D eigenvalue weighted by atomic mass is 10.1. The quantitative estimate of drug-likeness (QED) is 0.841. The Kier molecular flexibility index (Phi) is 5.27. The highest BCUT2D eigenvalue weighted by Crippen LogP contribution is 2.22. The second-order valence-corrected chi connectivity index (χ2v) is 8.82. The number of hydrogen-bond donors (Lipinski definition) is 2. The van der Waals surface area contributed by atoms with Crippen LogP contribution in [0.4, 0.5) is 11.5 Å². The Bertz CT molecular complexity index is 908. The van der Waals surface area contributed by atoms with E-state index in [1.165, 1.54) is 6.20 Å². The third-order valence-corrected chi connectivity index (χ3v) is 6.36. The van der Waals surface area contributed by atoms with Crippen LogP contribution in [0.2, 0.25) is 0 Å². The largest absolute Gasteiger partial charge is 0.366 e. The first-order valence-electron chi connectivity index (χ1n) is 8.71. The van der Waals surface area contributed by atoms with Gasteiger partial charge in [0.15, 0.2) is 9.84 Å². The monoisotopic (exact) mass is 373 g/mol. The van der Waals surface area contributed by atoms with Crippen LogP contribution < -0.4 is 10.6 Å². The van der Waals surface area contributed by atoms with Crippen LogP contribution >= 0.6 is 0 Å². The van der Waals surface area contributed by atoms with Gasteiger partial charge in [0.1, 0.15) is 5.82 Å². The van der Waals surface area contributed by atoms with Crippen molar-refractivity contribution in [2.24, 2.45) is 0 Å². The lowest BCUT2D eigenvalue weighted by Gasteiger charge is -2.14. The highest BCUT2D eigenvalue weighted by molar-refractivity contribution is 7.91. The van der Waals surface area contributed by atoms with Crippen molar-refractivity contribution in [2.75, 3.05) is 22.1 Å². The molecule has 1 aromatic heterocycles. The van der Waals surface area contributed by atoms with E-state index < -0.39 is 9.84 Å². The molecule has 1 aliphatic rings. The number of benzene rings is 1. The van der Waals surface area contributed by atoms with Crippen molar-refractivity contribution < 1.29 is 13.2 Å². The molecule has 26 heavy (non-hydrogen) atoms. The van der Waals surface area contributed by atoms with Crippen LogP contribution in [0.1, 0.15) is 34.8 Å². The standard InChI is InChI=1S/C19H23N3O3S/c1-3-14-6-4-5-13(2)18(14)22-19(23)15-7-8-17(20-11-15)21-16-9-10-26(24,25)12-16/h4-8,11,16H,3,9-10,12H2,1-2H3,(H,20,21)(H,22,23). The van der Waals surface area contributed by atoms with Crippen molar-refractivity contribution in [2.45, 2.75) is 32.7 Å². The van der Waals surface area contributed by atoms with E-state index in [2.05, 4.69) is 22.5 Å². The van der Waals surface area contributed by atoms with Crippen molar-refractivity contribution in [1.29, 1.82) is 0 Å². The number of para-hydroxylation sites is 1. The van der Waals surface area contributed by atoms with E-state index in [1.807, 2.05) is 25.1 Å². The van der Waals surface area contributed by atoms with Gasteiger partial charge in [-0.25, -0.2) is 13.4 Å². The van der Waals surface area contributed by atoms with Crippen LogP contribution in [0.25, 0.3) is 0 Å². The number of carbonyl (C=O) groups excluding carboxylic acids is 1. The Labute approximate surface area is 154 Å². The summed E-state index contributed by atoms with van der Waals surface area (Å²) in [6.07, 6.45) is 2.92. The first-order valence-corrected chi connectivity index (χ1v) is 10.5. The van der Waals surface area contributed by atoms with Gasteiger partial charge in [0, 0.05) is 17.9 Å². The van der Waals surface area contributed by atoms with Gasteiger partial charge in [-0.2, -0.15) is 0 Å². The van der Waals surface area contributed by atoms with Gasteiger partial charge in [-0.1, -0.05) is 25.1 Å². The number of aryl methyl sites for hydroxylation is 2. The molecule has 2 N–H and O–H groups in total. The number of nitrogens with one attached hydrogen (secondary N) is 2. The molecule has 7 heteroatoms. The van der Waals surface area contributed by atoms with Gasteiger partial charge in [0.25, 0.3) is 5.91 Å². The molecule has 1 aromatic carbocycles. The predicted octanol–water partition coefficient (Wildman–Crippen LogP) is 2.80. The summed E-state index contributed by atoms with van der Waals surface area (Å²) in [5.41, 5.74) is 3.41. The maximum atomic E-state index is 12.5. The molecule has 138 valence electrons. The zero-order chi connectivity index (χ0) is 18.7. The van der Waals surface area contributed by atoms with E-state index in [-0.39, 0.29) is 23.5 Å². The predicted molar refractivity (Wildman–Crippen MR) is 103 cm³/mol. The van der Waals surface area contributed by atoms with Gasteiger partial charge >= 0.3 is 0 Å². The van der Waals surface area contributed by atoms with Crippen molar-refractivity contribution >= 4 is 27.2 Å². The number of anilines is 2. The molecule has 6 nitrogen and oxygen atoms in total. The fourth-order valence-corrected chi connectivity index (χ4v) is 4.79. The summed E-state index contributed by atoms with van der Waals surface area (Å²) in [5.74, 6) is 0.705. The van der Waals surface area contributed by atoms with Crippen molar-refractivity contribution in [3.63, 3.8) is 0 Å². The Balaban J connectivity index is 1.68. The SMILES string of the molecule is CCc1cccc(C)c1NC(=O)c1ccc(NC2CCS(=O)(=O)C2)nc1. The number of aromatic nitrogens is 1. The van der Waals surface area contributed by atoms with E-state index in [0.29, 0.717) is 17.8 Å². The molecule has 0 spiro atoms. The van der Waals surface area contributed by atoms with Crippen LogP contribution in [0.3, 0.4) is 0 Å². The molecule has 3 rings (SSSR count). The number of amides is 1. The molecule has 2 aromatic rings. The number of pyridine rings is 1. The first kappa shape index (κ1) is 18.4. The molecule has 1 unspecified atom stereocenters. The van der Waals surface area contributed by atoms with Crippen LogP contribution in [-0.4, -0.2) is 36.9 Å². The summed E-state index contributed by atoms with van der Waals surface area (Å²) >= 11 is 0. The summed E-state index contributed by atoms with van der Waals surface area (Å²) in [5, 5.41) is 6.09. The zero-order valence-corrected chi connectivity index (χ0v) is 15.8. The molecule has 0 bridgehead atoms. The van der Waals surface area contributed by atoms with Crippen LogP contribution in [0.15, 0.2) is 36.5 Å². The molecule has 2 heterocycles. The van der Waals surface area contributed by atoms with Gasteiger partial charge in [0.05, 0.1) is 17.1 Å². The summed E-state index contributed by atoms with van der Waals surface area (Å²) in [6, 6.07) is 9.23. The maximum Gasteiger partial charge on any atom is 0.257 e. The number of sulfone groups is 1. The molecular formula is C19H23N3O3S. The smallest absolute Gasteiger partial charge is 0.257 e.